The van der Waals surface area contributed by atoms with Crippen LogP contribution in [-0.4, -0.2) is 14.8 Å². The Balaban J connectivity index is 2.82. The molecule has 0 spiro atoms. The molecular formula is C11H15N3O. The minimum atomic E-state index is -0.0579. The van der Waals surface area contributed by atoms with Crippen LogP contribution in [0.5, 0.6) is 0 Å². The molecular weight excluding hydrogens is 190 g/mol. The number of hydrogen-bond acceptors (Lipinski definition) is 2. The number of H-pyrrole nitrogens is 1. The Kier molecular flexibility index (Phi) is 1.96. The Bertz CT molecular complexity index is 557. The van der Waals surface area contributed by atoms with Gasteiger partial charge in [-0.15, -0.1) is 0 Å². The van der Waals surface area contributed by atoms with Crippen LogP contribution in [0.4, 0.5) is 0 Å². The summed E-state index contributed by atoms with van der Waals surface area (Å²) in [6, 6.07) is 1.66. The largest absolute Gasteiger partial charge is 0.343 e. The Labute approximate surface area is 87.9 Å². The van der Waals surface area contributed by atoms with E-state index in [1.54, 1.807) is 16.9 Å². The second-order valence-corrected chi connectivity index (χ2v) is 4.83. The number of rotatable bonds is 0. The van der Waals surface area contributed by atoms with Crippen LogP contribution >= 0.6 is 0 Å². The van der Waals surface area contributed by atoms with Crippen LogP contribution in [0.2, 0.25) is 0 Å². The van der Waals surface area contributed by atoms with E-state index in [1.165, 1.54) is 0 Å². The van der Waals surface area contributed by atoms with Gasteiger partial charge in [-0.3, -0.25) is 9.48 Å². The summed E-state index contributed by atoms with van der Waals surface area (Å²) >= 11 is 0. The number of nitrogens with zero attached hydrogens (tertiary/aromatic N) is 2. The molecule has 80 valence electrons. The number of aromatic amines is 1. The molecule has 1 N–H and O–H groups in total. The molecule has 0 saturated heterocycles. The number of hydrogen-bond donors (Lipinski definition) is 1. The van der Waals surface area contributed by atoms with Crippen LogP contribution in [0.25, 0.3) is 11.0 Å². The van der Waals surface area contributed by atoms with Gasteiger partial charge < -0.3 is 4.98 Å². The fourth-order valence-electron chi connectivity index (χ4n) is 1.54. The van der Waals surface area contributed by atoms with Crippen molar-refractivity contribution in [1.29, 1.82) is 0 Å². The lowest BCUT2D eigenvalue weighted by molar-refractivity contribution is 0.569. The Morgan fingerprint density at radius 1 is 1.40 bits per heavy atom. The number of fused-ring (bicyclic) bond motifs is 1. The van der Waals surface area contributed by atoms with Gasteiger partial charge in [-0.25, -0.2) is 0 Å². The van der Waals surface area contributed by atoms with E-state index in [1.807, 2.05) is 7.05 Å². The number of aryl methyl sites for hydroxylation is 1. The maximum atomic E-state index is 11.8. The van der Waals surface area contributed by atoms with Gasteiger partial charge in [0.05, 0.1) is 11.6 Å². The van der Waals surface area contributed by atoms with E-state index < -0.39 is 0 Å². The maximum absolute atomic E-state index is 11.8. The first-order valence-corrected chi connectivity index (χ1v) is 4.95. The van der Waals surface area contributed by atoms with Crippen molar-refractivity contribution >= 4 is 11.0 Å². The van der Waals surface area contributed by atoms with Gasteiger partial charge in [-0.05, 0) is 0 Å². The zero-order chi connectivity index (χ0) is 11.2. The highest BCUT2D eigenvalue weighted by Gasteiger charge is 2.17. The highest BCUT2D eigenvalue weighted by Crippen LogP contribution is 2.20. The van der Waals surface area contributed by atoms with Crippen molar-refractivity contribution < 1.29 is 0 Å². The molecule has 0 bridgehead atoms. The van der Waals surface area contributed by atoms with E-state index in [0.717, 1.165) is 11.3 Å². The molecule has 2 aromatic rings. The van der Waals surface area contributed by atoms with E-state index in [4.69, 9.17) is 0 Å². The van der Waals surface area contributed by atoms with Crippen molar-refractivity contribution in [1.82, 2.24) is 14.8 Å². The molecule has 0 aromatic carbocycles. The molecule has 2 heterocycles. The minimum Gasteiger partial charge on any atom is -0.343 e. The van der Waals surface area contributed by atoms with E-state index in [2.05, 4.69) is 30.9 Å². The summed E-state index contributed by atoms with van der Waals surface area (Å²) in [6.07, 6.45) is 1.60. The third kappa shape index (κ3) is 1.56. The van der Waals surface area contributed by atoms with Crippen molar-refractivity contribution in [3.8, 4) is 0 Å². The molecule has 15 heavy (non-hydrogen) atoms. The third-order valence-corrected chi connectivity index (χ3v) is 2.54. The van der Waals surface area contributed by atoms with Gasteiger partial charge in [0.2, 0.25) is 0 Å². The fourth-order valence-corrected chi connectivity index (χ4v) is 1.54. The molecule has 0 atom stereocenters. The second kappa shape index (κ2) is 2.95. The van der Waals surface area contributed by atoms with E-state index in [-0.39, 0.29) is 10.8 Å². The topological polar surface area (TPSA) is 50.7 Å². The van der Waals surface area contributed by atoms with Crippen molar-refractivity contribution in [2.24, 2.45) is 7.05 Å². The molecule has 0 amide bonds. The predicted octanol–water partition coefficient (Wildman–Crippen LogP) is 1.56. The van der Waals surface area contributed by atoms with Crippen molar-refractivity contribution in [3.05, 3.63) is 28.2 Å². The molecule has 2 rings (SSSR count). The van der Waals surface area contributed by atoms with Gasteiger partial charge in [-0.2, -0.15) is 5.10 Å². The predicted molar refractivity (Wildman–Crippen MR) is 60.0 cm³/mol. The highest BCUT2D eigenvalue weighted by molar-refractivity contribution is 5.74. The molecule has 4 nitrogen and oxygen atoms in total. The Hall–Kier alpha value is -1.58. The first-order chi connectivity index (χ1) is 6.89. The second-order valence-electron chi connectivity index (χ2n) is 4.83. The molecule has 4 heteroatoms. The maximum Gasteiger partial charge on any atom is 0.192 e. The molecule has 0 fully saturated rings. The summed E-state index contributed by atoms with van der Waals surface area (Å²) in [5, 5.41) is 4.71. The van der Waals surface area contributed by atoms with Gasteiger partial charge in [0, 0.05) is 24.2 Å². The smallest absolute Gasteiger partial charge is 0.192 e. The van der Waals surface area contributed by atoms with E-state index in [0.29, 0.717) is 5.39 Å². The zero-order valence-corrected chi connectivity index (χ0v) is 9.46. The summed E-state index contributed by atoms with van der Waals surface area (Å²) in [7, 11) is 1.82. The molecule has 0 saturated carbocycles. The lowest BCUT2D eigenvalue weighted by Crippen LogP contribution is -2.17. The third-order valence-electron chi connectivity index (χ3n) is 2.54. The van der Waals surface area contributed by atoms with Crippen LogP contribution < -0.4 is 5.43 Å². The average molecular weight is 205 g/mol. The van der Waals surface area contributed by atoms with E-state index >= 15 is 0 Å². The number of pyridine rings is 1. The van der Waals surface area contributed by atoms with Gasteiger partial charge in [0.25, 0.3) is 0 Å². The first-order valence-electron chi connectivity index (χ1n) is 4.95. The quantitative estimate of drug-likeness (QED) is 0.709. The van der Waals surface area contributed by atoms with Crippen molar-refractivity contribution in [3.63, 3.8) is 0 Å². The lowest BCUT2D eigenvalue weighted by Gasteiger charge is -2.18. The van der Waals surface area contributed by atoms with Gasteiger partial charge >= 0.3 is 0 Å². The summed E-state index contributed by atoms with van der Waals surface area (Å²) in [5.41, 5.74) is 1.69. The normalized spacial score (nSPS) is 12.3. The van der Waals surface area contributed by atoms with Crippen LogP contribution in [0.1, 0.15) is 26.5 Å². The molecule has 0 radical (unpaired) electrons. The molecule has 0 aliphatic heterocycles. The molecule has 0 aliphatic carbocycles. The molecule has 0 unspecified atom stereocenters. The van der Waals surface area contributed by atoms with Gasteiger partial charge in [0.1, 0.15) is 5.65 Å². The van der Waals surface area contributed by atoms with Crippen LogP contribution in [0.15, 0.2) is 17.1 Å². The van der Waals surface area contributed by atoms with Crippen LogP contribution in [0, 0.1) is 0 Å². The standard InChI is InChI=1S/C11H15N3O/c1-11(2,3)9-5-8(15)7-6-12-14(4)10(7)13-9/h5-6H,1-4H3,(H,13,15). The Morgan fingerprint density at radius 2 is 2.07 bits per heavy atom. The molecule has 2 aromatic heterocycles. The number of nitrogens with one attached hydrogen (secondary N) is 1. The summed E-state index contributed by atoms with van der Waals surface area (Å²) in [6.45, 7) is 6.21. The van der Waals surface area contributed by atoms with Crippen LogP contribution in [0.3, 0.4) is 0 Å². The van der Waals surface area contributed by atoms with E-state index in [9.17, 15) is 4.79 Å². The summed E-state index contributed by atoms with van der Waals surface area (Å²) < 4.78 is 1.69. The summed E-state index contributed by atoms with van der Waals surface area (Å²) in [5.74, 6) is 0. The van der Waals surface area contributed by atoms with Crippen molar-refractivity contribution in [2.75, 3.05) is 0 Å². The van der Waals surface area contributed by atoms with Crippen LogP contribution in [-0.2, 0) is 12.5 Å². The fraction of sp³-hybridized carbons (Fsp3) is 0.455. The first kappa shape index (κ1) is 9.96. The Morgan fingerprint density at radius 3 is 2.67 bits per heavy atom. The van der Waals surface area contributed by atoms with Gasteiger partial charge in [-0.1, -0.05) is 20.8 Å². The monoisotopic (exact) mass is 205 g/mol. The zero-order valence-electron chi connectivity index (χ0n) is 9.46. The molecule has 0 aliphatic rings. The highest BCUT2D eigenvalue weighted by atomic mass is 16.1. The minimum absolute atomic E-state index is 0.0294. The number of aromatic nitrogens is 3. The lowest BCUT2D eigenvalue weighted by atomic mass is 9.91. The summed E-state index contributed by atoms with van der Waals surface area (Å²) in [4.78, 5) is 15.0. The average Bonchev–Trinajstić information content (AvgIpc) is 2.47. The van der Waals surface area contributed by atoms with Gasteiger partial charge in [0.15, 0.2) is 5.43 Å². The van der Waals surface area contributed by atoms with Crippen molar-refractivity contribution in [2.45, 2.75) is 26.2 Å². The SMILES string of the molecule is Cn1ncc2c(=O)cc(C(C)(C)C)[nH]c21.